The van der Waals surface area contributed by atoms with Gasteiger partial charge in [-0.3, -0.25) is 14.3 Å². The van der Waals surface area contributed by atoms with E-state index in [-0.39, 0.29) is 17.3 Å². The maximum atomic E-state index is 12.1. The number of nitrogen functional groups attached to an aromatic ring is 1. The van der Waals surface area contributed by atoms with Crippen LogP contribution in [-0.4, -0.2) is 22.2 Å². The molecule has 0 fully saturated rings. The van der Waals surface area contributed by atoms with Crippen LogP contribution in [0.2, 0.25) is 0 Å². The highest BCUT2D eigenvalue weighted by Crippen LogP contribution is 2.09. The lowest BCUT2D eigenvalue weighted by molar-refractivity contribution is 0.111. The summed E-state index contributed by atoms with van der Waals surface area (Å²) in [6, 6.07) is 5.08. The van der Waals surface area contributed by atoms with E-state index in [1.165, 1.54) is 4.57 Å². The lowest BCUT2D eigenvalue weighted by Crippen LogP contribution is -2.23. The molecule has 106 valence electrons. The summed E-state index contributed by atoms with van der Waals surface area (Å²) in [6.45, 7) is 2.68. The van der Waals surface area contributed by atoms with Crippen LogP contribution in [0.15, 0.2) is 41.6 Å². The quantitative estimate of drug-likeness (QED) is 0.835. The summed E-state index contributed by atoms with van der Waals surface area (Å²) in [5.41, 5.74) is 12.8. The topological polar surface area (TPSA) is 96.2 Å². The van der Waals surface area contributed by atoms with Gasteiger partial charge in [-0.1, -0.05) is 0 Å². The summed E-state index contributed by atoms with van der Waals surface area (Å²) in [5, 5.41) is 0. The van der Waals surface area contributed by atoms with Crippen LogP contribution >= 0.6 is 0 Å². The monoisotopic (exact) mass is 274 g/mol. The number of ether oxygens (including phenoxy) is 1. The van der Waals surface area contributed by atoms with Crippen molar-refractivity contribution in [2.24, 2.45) is 5.73 Å². The van der Waals surface area contributed by atoms with Crippen molar-refractivity contribution in [2.45, 2.75) is 19.6 Å². The molecular weight excluding hydrogens is 256 g/mol. The van der Waals surface area contributed by atoms with E-state index >= 15 is 0 Å². The Morgan fingerprint density at radius 3 is 2.75 bits per heavy atom. The summed E-state index contributed by atoms with van der Waals surface area (Å²) in [6.07, 6.45) is 4.96. The minimum absolute atomic E-state index is 0.0292. The molecule has 4 N–H and O–H groups in total. The van der Waals surface area contributed by atoms with E-state index in [2.05, 4.69) is 4.98 Å². The van der Waals surface area contributed by atoms with Crippen molar-refractivity contribution < 1.29 is 4.74 Å². The molecule has 0 saturated heterocycles. The van der Waals surface area contributed by atoms with Crippen LogP contribution in [0, 0.1) is 0 Å². The molecule has 0 spiro atoms. The van der Waals surface area contributed by atoms with Crippen molar-refractivity contribution in [1.82, 2.24) is 9.55 Å². The highest BCUT2D eigenvalue weighted by molar-refractivity contribution is 5.42. The number of pyridine rings is 2. The lowest BCUT2D eigenvalue weighted by atomic mass is 10.2. The molecule has 0 aliphatic carbocycles. The van der Waals surface area contributed by atoms with Gasteiger partial charge in [0, 0.05) is 24.6 Å². The van der Waals surface area contributed by atoms with Gasteiger partial charge in [0.2, 0.25) is 0 Å². The van der Waals surface area contributed by atoms with Crippen molar-refractivity contribution in [3.8, 4) is 5.69 Å². The largest absolute Gasteiger partial charge is 0.394 e. The first-order valence-electron chi connectivity index (χ1n) is 6.32. The van der Waals surface area contributed by atoms with E-state index in [1.54, 1.807) is 36.8 Å². The molecule has 6 heteroatoms. The van der Waals surface area contributed by atoms with Gasteiger partial charge < -0.3 is 16.2 Å². The normalized spacial score (nSPS) is 12.3. The van der Waals surface area contributed by atoms with Gasteiger partial charge in [0.15, 0.2) is 0 Å². The first kappa shape index (κ1) is 14.2. The molecule has 6 nitrogen and oxygen atoms in total. The summed E-state index contributed by atoms with van der Waals surface area (Å²) in [5.74, 6) is 0. The number of hydrogen-bond acceptors (Lipinski definition) is 5. The second-order valence-electron chi connectivity index (χ2n) is 4.68. The second-order valence-corrected chi connectivity index (χ2v) is 4.68. The average molecular weight is 274 g/mol. The average Bonchev–Trinajstić information content (AvgIpc) is 2.43. The van der Waals surface area contributed by atoms with E-state index in [1.807, 2.05) is 6.92 Å². The Kier molecular flexibility index (Phi) is 4.49. The van der Waals surface area contributed by atoms with Crippen molar-refractivity contribution in [3.63, 3.8) is 0 Å². The molecule has 0 bridgehead atoms. The van der Waals surface area contributed by atoms with Crippen LogP contribution < -0.4 is 17.0 Å². The summed E-state index contributed by atoms with van der Waals surface area (Å²) in [7, 11) is 0. The molecule has 0 aromatic carbocycles. The number of anilines is 1. The molecule has 0 radical (unpaired) electrons. The molecule has 0 saturated carbocycles. The van der Waals surface area contributed by atoms with Gasteiger partial charge in [-0.25, -0.2) is 0 Å². The maximum Gasteiger partial charge on any atom is 0.278 e. The molecule has 0 unspecified atom stereocenters. The van der Waals surface area contributed by atoms with Crippen LogP contribution in [0.25, 0.3) is 5.69 Å². The van der Waals surface area contributed by atoms with Crippen molar-refractivity contribution in [2.75, 3.05) is 12.3 Å². The van der Waals surface area contributed by atoms with Gasteiger partial charge >= 0.3 is 0 Å². The fourth-order valence-corrected chi connectivity index (χ4v) is 1.80. The Balaban J connectivity index is 2.29. The molecule has 2 aromatic rings. The van der Waals surface area contributed by atoms with Gasteiger partial charge in [0.25, 0.3) is 5.56 Å². The number of rotatable bonds is 5. The summed E-state index contributed by atoms with van der Waals surface area (Å²) >= 11 is 0. The molecule has 0 aliphatic rings. The molecule has 2 aromatic heterocycles. The van der Waals surface area contributed by atoms with E-state index in [0.29, 0.717) is 18.9 Å². The highest BCUT2D eigenvalue weighted by Gasteiger charge is 2.06. The fourth-order valence-electron chi connectivity index (χ4n) is 1.80. The third kappa shape index (κ3) is 3.43. The zero-order chi connectivity index (χ0) is 14.5. The lowest BCUT2D eigenvalue weighted by Gasteiger charge is -2.11. The Labute approximate surface area is 117 Å². The highest BCUT2D eigenvalue weighted by atomic mass is 16.5. The van der Waals surface area contributed by atoms with E-state index in [9.17, 15) is 4.79 Å². The second kappa shape index (κ2) is 6.31. The van der Waals surface area contributed by atoms with Crippen LogP contribution in [0.4, 0.5) is 5.69 Å². The number of nitrogens with two attached hydrogens (primary N) is 2. The van der Waals surface area contributed by atoms with E-state index in [4.69, 9.17) is 16.2 Å². The van der Waals surface area contributed by atoms with E-state index in [0.717, 1.165) is 5.56 Å². The smallest absolute Gasteiger partial charge is 0.278 e. The van der Waals surface area contributed by atoms with Crippen LogP contribution in [0.5, 0.6) is 0 Å². The third-order valence-electron chi connectivity index (χ3n) is 2.69. The number of hydrogen-bond donors (Lipinski definition) is 2. The minimum Gasteiger partial charge on any atom is -0.394 e. The Morgan fingerprint density at radius 1 is 1.40 bits per heavy atom. The molecule has 2 rings (SSSR count). The standard InChI is InChI=1S/C14H18N4O2/c1-10(15)8-20-9-11-6-13(16)14(19)18(7-11)12-2-4-17-5-3-12/h2-7,10H,8-9,15-16H2,1H3/t10-/m1/s1. The molecule has 0 amide bonds. The van der Waals surface area contributed by atoms with Gasteiger partial charge in [-0.05, 0) is 30.7 Å². The SMILES string of the molecule is C[C@@H](N)COCc1cc(N)c(=O)n(-c2ccncc2)c1. The molecular formula is C14H18N4O2. The zero-order valence-corrected chi connectivity index (χ0v) is 11.3. The van der Waals surface area contributed by atoms with Gasteiger partial charge in [0.05, 0.1) is 24.6 Å². The van der Waals surface area contributed by atoms with Gasteiger partial charge in [-0.2, -0.15) is 0 Å². The predicted molar refractivity (Wildman–Crippen MR) is 77.6 cm³/mol. The Morgan fingerprint density at radius 2 is 2.10 bits per heavy atom. The first-order chi connectivity index (χ1) is 9.58. The predicted octanol–water partition coefficient (Wildman–Crippen LogP) is 0.678. The maximum absolute atomic E-state index is 12.1. The van der Waals surface area contributed by atoms with E-state index < -0.39 is 0 Å². The summed E-state index contributed by atoms with van der Waals surface area (Å²) in [4.78, 5) is 16.0. The fraction of sp³-hybridized carbons (Fsp3) is 0.286. The molecule has 20 heavy (non-hydrogen) atoms. The van der Waals surface area contributed by atoms with Crippen LogP contribution in [0.3, 0.4) is 0 Å². The molecule has 2 heterocycles. The zero-order valence-electron chi connectivity index (χ0n) is 11.3. The molecule has 1 atom stereocenters. The van der Waals surface area contributed by atoms with Crippen LogP contribution in [0.1, 0.15) is 12.5 Å². The van der Waals surface area contributed by atoms with Crippen molar-refractivity contribution in [3.05, 3.63) is 52.7 Å². The first-order valence-corrected chi connectivity index (χ1v) is 6.32. The number of nitrogens with zero attached hydrogens (tertiary/aromatic N) is 2. The van der Waals surface area contributed by atoms with Gasteiger partial charge in [-0.15, -0.1) is 0 Å². The van der Waals surface area contributed by atoms with Crippen LogP contribution in [-0.2, 0) is 11.3 Å². The van der Waals surface area contributed by atoms with Crippen molar-refractivity contribution >= 4 is 5.69 Å². The van der Waals surface area contributed by atoms with Gasteiger partial charge in [0.1, 0.15) is 0 Å². The number of aromatic nitrogens is 2. The van der Waals surface area contributed by atoms with Crippen molar-refractivity contribution in [1.29, 1.82) is 0 Å². The minimum atomic E-state index is -0.257. The Bertz CT molecular complexity index is 623. The summed E-state index contributed by atoms with van der Waals surface area (Å²) < 4.78 is 6.95. The molecule has 0 aliphatic heterocycles. The Hall–Kier alpha value is -2.18. The third-order valence-corrected chi connectivity index (χ3v) is 2.69.